The number of hydrogen-bond donors (Lipinski definition) is 1. The molecule has 1 amide bonds. The molecule has 4 heterocycles. The van der Waals surface area contributed by atoms with Crippen molar-refractivity contribution in [2.24, 2.45) is 5.92 Å². The first-order chi connectivity index (χ1) is 17.5. The van der Waals surface area contributed by atoms with Crippen LogP contribution >= 0.6 is 0 Å². The third-order valence-corrected chi connectivity index (χ3v) is 7.70. The standard InChI is InChI=1S/C27H38N8O/c1-20-24-21(2)35(23-8-5-4-6-9-23)31-25(24)26(30-29-20)34-14-10-22(11-15-34)27(36)28-12-7-13-33-18-16-32(3)17-19-33/h4-6,8-9,22H,7,10-19H2,1-3H3,(H,28,36). The second-order valence-corrected chi connectivity index (χ2v) is 10.2. The van der Waals surface area contributed by atoms with E-state index in [0.717, 1.165) is 105 Å². The zero-order valence-electron chi connectivity index (χ0n) is 21.8. The highest BCUT2D eigenvalue weighted by atomic mass is 16.1. The average Bonchev–Trinajstić information content (AvgIpc) is 3.26. The smallest absolute Gasteiger partial charge is 0.223 e. The molecule has 36 heavy (non-hydrogen) atoms. The summed E-state index contributed by atoms with van der Waals surface area (Å²) >= 11 is 0. The number of nitrogens with zero attached hydrogens (tertiary/aromatic N) is 7. The lowest BCUT2D eigenvalue weighted by Gasteiger charge is -2.33. The Morgan fingerprint density at radius 3 is 2.44 bits per heavy atom. The molecule has 0 radical (unpaired) electrons. The Kier molecular flexibility index (Phi) is 7.48. The van der Waals surface area contributed by atoms with E-state index in [0.29, 0.717) is 0 Å². The second-order valence-electron chi connectivity index (χ2n) is 10.2. The normalized spacial score (nSPS) is 18.1. The van der Waals surface area contributed by atoms with Gasteiger partial charge in [0.2, 0.25) is 5.91 Å². The minimum atomic E-state index is 0.0578. The first kappa shape index (κ1) is 24.6. The summed E-state index contributed by atoms with van der Waals surface area (Å²) in [5, 5.41) is 18.2. The Bertz CT molecular complexity index is 1180. The third-order valence-electron chi connectivity index (χ3n) is 7.70. The number of anilines is 1. The highest BCUT2D eigenvalue weighted by Crippen LogP contribution is 2.31. The van der Waals surface area contributed by atoms with Gasteiger partial charge in [0.15, 0.2) is 5.82 Å². The van der Waals surface area contributed by atoms with Crippen molar-refractivity contribution in [3.8, 4) is 5.69 Å². The number of likely N-dealkylation sites (N-methyl/N-ethyl adjacent to an activating group) is 1. The summed E-state index contributed by atoms with van der Waals surface area (Å²) in [7, 11) is 2.18. The van der Waals surface area contributed by atoms with Gasteiger partial charge in [-0.1, -0.05) is 18.2 Å². The van der Waals surface area contributed by atoms with Crippen molar-refractivity contribution in [2.75, 3.05) is 64.3 Å². The zero-order chi connectivity index (χ0) is 25.1. The molecule has 0 atom stereocenters. The first-order valence-corrected chi connectivity index (χ1v) is 13.2. The van der Waals surface area contributed by atoms with Gasteiger partial charge < -0.3 is 20.0 Å². The molecule has 0 aliphatic carbocycles. The van der Waals surface area contributed by atoms with Crippen molar-refractivity contribution in [2.45, 2.75) is 33.1 Å². The Labute approximate surface area is 213 Å². The maximum Gasteiger partial charge on any atom is 0.223 e. The van der Waals surface area contributed by atoms with E-state index in [-0.39, 0.29) is 11.8 Å². The number of aromatic nitrogens is 4. The summed E-state index contributed by atoms with van der Waals surface area (Å²) in [5.41, 5.74) is 3.87. The maximum absolute atomic E-state index is 12.8. The summed E-state index contributed by atoms with van der Waals surface area (Å²) in [4.78, 5) is 19.9. The molecule has 2 aliphatic heterocycles. The first-order valence-electron chi connectivity index (χ1n) is 13.2. The van der Waals surface area contributed by atoms with Gasteiger partial charge in [0.1, 0.15) is 5.52 Å². The lowest BCUT2D eigenvalue weighted by atomic mass is 9.95. The van der Waals surface area contributed by atoms with Crippen LogP contribution in [0, 0.1) is 19.8 Å². The van der Waals surface area contributed by atoms with E-state index in [4.69, 9.17) is 5.10 Å². The molecule has 1 aromatic carbocycles. The molecular formula is C27H38N8O. The van der Waals surface area contributed by atoms with Crippen molar-refractivity contribution >= 4 is 22.6 Å². The molecule has 0 unspecified atom stereocenters. The minimum absolute atomic E-state index is 0.0578. The lowest BCUT2D eigenvalue weighted by molar-refractivity contribution is -0.125. The highest BCUT2D eigenvalue weighted by molar-refractivity contribution is 5.92. The maximum atomic E-state index is 12.8. The number of aryl methyl sites for hydroxylation is 2. The molecule has 0 spiro atoms. The fourth-order valence-electron chi connectivity index (χ4n) is 5.43. The number of piperazine rings is 1. The Morgan fingerprint density at radius 2 is 1.72 bits per heavy atom. The van der Waals surface area contributed by atoms with E-state index >= 15 is 0 Å². The van der Waals surface area contributed by atoms with Crippen molar-refractivity contribution in [1.29, 1.82) is 0 Å². The highest BCUT2D eigenvalue weighted by Gasteiger charge is 2.28. The number of benzene rings is 1. The van der Waals surface area contributed by atoms with Crippen LogP contribution in [0.1, 0.15) is 30.7 Å². The van der Waals surface area contributed by atoms with Crippen molar-refractivity contribution in [3.63, 3.8) is 0 Å². The molecule has 192 valence electrons. The van der Waals surface area contributed by atoms with Gasteiger partial charge in [-0.3, -0.25) is 4.79 Å². The largest absolute Gasteiger partial charge is 0.356 e. The fourth-order valence-corrected chi connectivity index (χ4v) is 5.43. The molecule has 9 nitrogen and oxygen atoms in total. The van der Waals surface area contributed by atoms with Gasteiger partial charge in [-0.25, -0.2) is 4.68 Å². The Morgan fingerprint density at radius 1 is 1.00 bits per heavy atom. The van der Waals surface area contributed by atoms with Crippen LogP contribution in [0.4, 0.5) is 5.82 Å². The Balaban J connectivity index is 1.18. The van der Waals surface area contributed by atoms with Crippen LogP contribution in [-0.2, 0) is 4.79 Å². The van der Waals surface area contributed by atoms with E-state index in [1.807, 2.05) is 29.8 Å². The van der Waals surface area contributed by atoms with E-state index in [9.17, 15) is 4.79 Å². The molecule has 2 fully saturated rings. The van der Waals surface area contributed by atoms with Crippen LogP contribution in [0.3, 0.4) is 0 Å². The zero-order valence-corrected chi connectivity index (χ0v) is 21.8. The number of carbonyl (C=O) groups excluding carboxylic acids is 1. The average molecular weight is 491 g/mol. The molecule has 3 aromatic rings. The molecule has 0 saturated carbocycles. The Hall–Kier alpha value is -3.04. The van der Waals surface area contributed by atoms with Crippen LogP contribution in [-0.4, -0.2) is 95.1 Å². The number of rotatable bonds is 7. The SMILES string of the molecule is Cc1nnc(N2CCC(C(=O)NCCCN3CCN(C)CC3)CC2)c2nn(-c3ccccc3)c(C)c12. The van der Waals surface area contributed by atoms with E-state index in [2.05, 4.69) is 56.3 Å². The summed E-state index contributed by atoms with van der Waals surface area (Å²) in [5.74, 6) is 1.07. The topological polar surface area (TPSA) is 82.4 Å². The summed E-state index contributed by atoms with van der Waals surface area (Å²) in [6.45, 7) is 12.0. The number of fused-ring (bicyclic) bond motifs is 1. The van der Waals surface area contributed by atoms with Gasteiger partial charge in [0, 0.05) is 51.7 Å². The van der Waals surface area contributed by atoms with Crippen LogP contribution in [0.2, 0.25) is 0 Å². The van der Waals surface area contributed by atoms with Crippen molar-refractivity contribution in [1.82, 2.24) is 35.1 Å². The predicted octanol–water partition coefficient (Wildman–Crippen LogP) is 2.40. The van der Waals surface area contributed by atoms with Gasteiger partial charge in [-0.15, -0.1) is 5.10 Å². The van der Waals surface area contributed by atoms with E-state index < -0.39 is 0 Å². The molecule has 5 rings (SSSR count). The molecule has 9 heteroatoms. The van der Waals surface area contributed by atoms with Gasteiger partial charge in [-0.05, 0) is 58.8 Å². The summed E-state index contributed by atoms with van der Waals surface area (Å²) < 4.78 is 1.98. The molecule has 2 aromatic heterocycles. The second kappa shape index (κ2) is 10.9. The van der Waals surface area contributed by atoms with Gasteiger partial charge in [0.05, 0.1) is 22.5 Å². The molecule has 0 bridgehead atoms. The minimum Gasteiger partial charge on any atom is -0.356 e. The lowest BCUT2D eigenvalue weighted by Crippen LogP contribution is -2.45. The number of para-hydroxylation sites is 1. The molecular weight excluding hydrogens is 452 g/mol. The molecule has 2 aliphatic rings. The van der Waals surface area contributed by atoms with Crippen LogP contribution < -0.4 is 10.2 Å². The van der Waals surface area contributed by atoms with E-state index in [1.165, 1.54) is 0 Å². The van der Waals surface area contributed by atoms with Gasteiger partial charge >= 0.3 is 0 Å². The number of hydrogen-bond acceptors (Lipinski definition) is 7. The monoisotopic (exact) mass is 490 g/mol. The molecule has 1 N–H and O–H groups in total. The van der Waals surface area contributed by atoms with Crippen LogP contribution in [0.15, 0.2) is 30.3 Å². The van der Waals surface area contributed by atoms with Crippen LogP contribution in [0.5, 0.6) is 0 Å². The van der Waals surface area contributed by atoms with E-state index in [1.54, 1.807) is 0 Å². The van der Waals surface area contributed by atoms with Gasteiger partial charge in [-0.2, -0.15) is 10.2 Å². The predicted molar refractivity (Wildman–Crippen MR) is 143 cm³/mol. The van der Waals surface area contributed by atoms with Crippen molar-refractivity contribution < 1.29 is 4.79 Å². The van der Waals surface area contributed by atoms with Crippen LogP contribution in [0.25, 0.3) is 16.6 Å². The summed E-state index contributed by atoms with van der Waals surface area (Å²) in [6, 6.07) is 10.2. The number of amides is 1. The molecule has 2 saturated heterocycles. The number of piperidine rings is 1. The quantitative estimate of drug-likeness (QED) is 0.509. The number of carbonyl (C=O) groups is 1. The fraction of sp³-hybridized carbons (Fsp3) is 0.556. The summed E-state index contributed by atoms with van der Waals surface area (Å²) in [6.07, 6.45) is 2.65. The van der Waals surface area contributed by atoms with Gasteiger partial charge in [0.25, 0.3) is 0 Å². The van der Waals surface area contributed by atoms with Crippen molar-refractivity contribution in [3.05, 3.63) is 41.7 Å². The third kappa shape index (κ3) is 5.22. The number of nitrogens with one attached hydrogen (secondary N) is 1.